The van der Waals surface area contributed by atoms with Crippen LogP contribution >= 0.6 is 12.4 Å². The number of fused-ring (bicyclic) bond motifs is 1. The number of amides is 1. The van der Waals surface area contributed by atoms with E-state index in [1.165, 1.54) is 6.08 Å². The van der Waals surface area contributed by atoms with E-state index in [4.69, 9.17) is 5.73 Å². The van der Waals surface area contributed by atoms with Crippen LogP contribution in [0.3, 0.4) is 0 Å². The van der Waals surface area contributed by atoms with Crippen LogP contribution in [-0.4, -0.2) is 49.9 Å². The van der Waals surface area contributed by atoms with Crippen molar-refractivity contribution in [2.45, 2.75) is 19.4 Å². The number of nitrogens with one attached hydrogen (secondary N) is 1. The third-order valence-corrected chi connectivity index (χ3v) is 4.14. The summed E-state index contributed by atoms with van der Waals surface area (Å²) in [5, 5.41) is 2.77. The van der Waals surface area contributed by atoms with E-state index in [1.54, 1.807) is 17.2 Å². The first-order valence-electron chi connectivity index (χ1n) is 6.40. The number of amidine groups is 1. The van der Waals surface area contributed by atoms with E-state index >= 15 is 0 Å². The Labute approximate surface area is 130 Å². The van der Waals surface area contributed by atoms with E-state index in [0.29, 0.717) is 30.9 Å². The average Bonchev–Trinajstić information content (AvgIpc) is 2.36. The molecule has 0 fully saturated rings. The van der Waals surface area contributed by atoms with Gasteiger partial charge in [-0.3, -0.25) is 4.79 Å². The molecular weight excluding hydrogens is 316 g/mol. The van der Waals surface area contributed by atoms with Gasteiger partial charge in [0, 0.05) is 25.3 Å². The maximum absolute atomic E-state index is 11.9. The summed E-state index contributed by atoms with van der Waals surface area (Å²) >= 11 is 0. The van der Waals surface area contributed by atoms with E-state index in [9.17, 15) is 13.2 Å². The monoisotopic (exact) mass is 334 g/mol. The molecule has 0 radical (unpaired) electrons. The van der Waals surface area contributed by atoms with Crippen molar-refractivity contribution in [2.24, 2.45) is 10.1 Å². The molecule has 118 valence electrons. The highest BCUT2D eigenvalue weighted by Gasteiger charge is 2.24. The fourth-order valence-electron chi connectivity index (χ4n) is 1.85. The number of nitrogens with two attached hydrogens (primary N) is 1. The topological polar surface area (TPSA) is 105 Å². The second-order valence-corrected chi connectivity index (χ2v) is 6.62. The Bertz CT molecular complexity index is 596. The van der Waals surface area contributed by atoms with Gasteiger partial charge in [0.1, 0.15) is 5.84 Å². The van der Waals surface area contributed by atoms with E-state index < -0.39 is 10.0 Å². The van der Waals surface area contributed by atoms with Gasteiger partial charge >= 0.3 is 0 Å². The third-order valence-electron chi connectivity index (χ3n) is 2.97. The number of halogens is 1. The Morgan fingerprint density at radius 1 is 1.52 bits per heavy atom. The molecule has 2 heterocycles. The SMILES string of the molecule is CC(N)CCNC(=O)C1=CN2CCS(=O)(=O)N=C2C=C1.Cl. The van der Waals surface area contributed by atoms with Gasteiger partial charge in [0.05, 0.1) is 11.3 Å². The molecule has 2 rings (SSSR count). The second kappa shape index (κ2) is 7.06. The number of carbonyl (C=O) groups is 1. The number of sulfonamides is 1. The Kier molecular flexibility index (Phi) is 5.94. The summed E-state index contributed by atoms with van der Waals surface area (Å²) in [6.45, 7) is 2.70. The van der Waals surface area contributed by atoms with Crippen LogP contribution in [0.4, 0.5) is 0 Å². The van der Waals surface area contributed by atoms with Crippen LogP contribution in [0, 0.1) is 0 Å². The van der Waals surface area contributed by atoms with E-state index in [1.807, 2.05) is 6.92 Å². The maximum Gasteiger partial charge on any atom is 0.256 e. The lowest BCUT2D eigenvalue weighted by molar-refractivity contribution is -0.117. The number of nitrogens with zero attached hydrogens (tertiary/aromatic N) is 2. The van der Waals surface area contributed by atoms with Gasteiger partial charge in [-0.25, -0.2) is 8.42 Å². The van der Waals surface area contributed by atoms with Crippen molar-refractivity contribution in [3.63, 3.8) is 0 Å². The van der Waals surface area contributed by atoms with Crippen molar-refractivity contribution in [3.05, 3.63) is 23.9 Å². The highest BCUT2D eigenvalue weighted by atomic mass is 35.5. The molecule has 1 atom stereocenters. The van der Waals surface area contributed by atoms with E-state index in [0.717, 1.165) is 0 Å². The average molecular weight is 335 g/mol. The zero-order valence-corrected chi connectivity index (χ0v) is 13.3. The summed E-state index contributed by atoms with van der Waals surface area (Å²) in [6, 6.07) is 0.0391. The summed E-state index contributed by atoms with van der Waals surface area (Å²) in [5.74, 6) is 0.109. The van der Waals surface area contributed by atoms with Crippen LogP contribution in [-0.2, 0) is 14.8 Å². The molecule has 0 aliphatic carbocycles. The van der Waals surface area contributed by atoms with Crippen LogP contribution in [0.15, 0.2) is 28.3 Å². The van der Waals surface area contributed by atoms with Crippen LogP contribution in [0.2, 0.25) is 0 Å². The van der Waals surface area contributed by atoms with Gasteiger partial charge in [0.15, 0.2) is 0 Å². The standard InChI is InChI=1S/C12H18N4O3S.ClH/c1-9(13)4-5-14-12(17)10-2-3-11-15-20(18,19)7-6-16(11)8-10;/h2-3,8-9H,4-7,13H2,1H3,(H,14,17);1H. The molecule has 1 amide bonds. The molecule has 0 bridgehead atoms. The fraction of sp³-hybridized carbons (Fsp3) is 0.500. The van der Waals surface area contributed by atoms with Gasteiger partial charge in [0.2, 0.25) is 0 Å². The molecule has 21 heavy (non-hydrogen) atoms. The highest BCUT2D eigenvalue weighted by Crippen LogP contribution is 2.15. The molecule has 3 N–H and O–H groups in total. The molecule has 0 aromatic carbocycles. The molecule has 1 unspecified atom stereocenters. The molecular formula is C12H19ClN4O3S. The first-order chi connectivity index (χ1) is 9.37. The minimum absolute atomic E-state index is 0. The van der Waals surface area contributed by atoms with Crippen LogP contribution < -0.4 is 11.1 Å². The second-order valence-electron chi connectivity index (χ2n) is 4.87. The molecule has 2 aliphatic heterocycles. The van der Waals surface area contributed by atoms with E-state index in [2.05, 4.69) is 9.71 Å². The number of carbonyl (C=O) groups excluding carboxylic acids is 1. The van der Waals surface area contributed by atoms with Crippen molar-refractivity contribution >= 4 is 34.2 Å². The lowest BCUT2D eigenvalue weighted by Crippen LogP contribution is -2.38. The molecule has 0 aromatic heterocycles. The van der Waals surface area contributed by atoms with E-state index in [-0.39, 0.29) is 30.1 Å². The molecule has 0 saturated carbocycles. The van der Waals surface area contributed by atoms with Gasteiger partial charge in [0.25, 0.3) is 15.9 Å². The lowest BCUT2D eigenvalue weighted by atomic mass is 10.1. The van der Waals surface area contributed by atoms with Crippen molar-refractivity contribution in [3.8, 4) is 0 Å². The first kappa shape index (κ1) is 17.7. The van der Waals surface area contributed by atoms with Crippen molar-refractivity contribution in [2.75, 3.05) is 18.8 Å². The fourth-order valence-corrected chi connectivity index (χ4v) is 2.82. The largest absolute Gasteiger partial charge is 0.352 e. The Morgan fingerprint density at radius 3 is 2.90 bits per heavy atom. The summed E-state index contributed by atoms with van der Waals surface area (Å²) in [7, 11) is -3.36. The minimum Gasteiger partial charge on any atom is -0.352 e. The quantitative estimate of drug-likeness (QED) is 0.738. The number of hydrogen-bond donors (Lipinski definition) is 2. The zero-order valence-electron chi connectivity index (χ0n) is 11.7. The lowest BCUT2D eigenvalue weighted by Gasteiger charge is -2.26. The Morgan fingerprint density at radius 2 is 2.24 bits per heavy atom. The summed E-state index contributed by atoms with van der Waals surface area (Å²) in [4.78, 5) is 13.6. The van der Waals surface area contributed by atoms with Crippen LogP contribution in [0.25, 0.3) is 0 Å². The predicted molar refractivity (Wildman–Crippen MR) is 83.7 cm³/mol. The van der Waals surface area contributed by atoms with Crippen molar-refractivity contribution in [1.29, 1.82) is 0 Å². The maximum atomic E-state index is 11.9. The molecule has 0 saturated heterocycles. The molecule has 0 spiro atoms. The van der Waals surface area contributed by atoms with Gasteiger partial charge in [-0.1, -0.05) is 0 Å². The smallest absolute Gasteiger partial charge is 0.256 e. The molecule has 0 aromatic rings. The van der Waals surface area contributed by atoms with Gasteiger partial charge in [-0.15, -0.1) is 16.8 Å². The van der Waals surface area contributed by atoms with Crippen molar-refractivity contribution < 1.29 is 13.2 Å². The summed E-state index contributed by atoms with van der Waals surface area (Å²) in [5.41, 5.74) is 6.09. The van der Waals surface area contributed by atoms with Gasteiger partial charge in [-0.05, 0) is 25.5 Å². The summed E-state index contributed by atoms with van der Waals surface area (Å²) in [6.07, 6.45) is 5.43. The third kappa shape index (κ3) is 4.83. The Balaban J connectivity index is 0.00000220. The summed E-state index contributed by atoms with van der Waals surface area (Å²) < 4.78 is 26.4. The number of rotatable bonds is 4. The zero-order chi connectivity index (χ0) is 14.8. The first-order valence-corrected chi connectivity index (χ1v) is 8.01. The van der Waals surface area contributed by atoms with Crippen LogP contribution in [0.1, 0.15) is 13.3 Å². The van der Waals surface area contributed by atoms with Crippen molar-refractivity contribution in [1.82, 2.24) is 10.2 Å². The normalized spacial score (nSPS) is 20.6. The highest BCUT2D eigenvalue weighted by molar-refractivity contribution is 7.90. The molecule has 9 heteroatoms. The predicted octanol–water partition coefficient (Wildman–Crippen LogP) is -0.241. The van der Waals surface area contributed by atoms with Gasteiger partial charge < -0.3 is 16.0 Å². The minimum atomic E-state index is -3.36. The Hall–Kier alpha value is -1.38. The molecule has 7 nitrogen and oxygen atoms in total. The number of hydrogen-bond acceptors (Lipinski definition) is 5. The van der Waals surface area contributed by atoms with Gasteiger partial charge in [-0.2, -0.15) is 0 Å². The van der Waals surface area contributed by atoms with Crippen LogP contribution in [0.5, 0.6) is 0 Å². The molecule has 2 aliphatic rings.